The molecule has 8 heteroatoms. The molecule has 3 rings (SSSR count). The first-order valence-electron chi connectivity index (χ1n) is 8.39. The molecule has 0 aliphatic heterocycles. The van der Waals surface area contributed by atoms with Gasteiger partial charge in [0.2, 0.25) is 0 Å². The van der Waals surface area contributed by atoms with E-state index in [4.69, 9.17) is 0 Å². The van der Waals surface area contributed by atoms with Crippen LogP contribution in [-0.4, -0.2) is 32.1 Å². The van der Waals surface area contributed by atoms with Crippen LogP contribution >= 0.6 is 0 Å². The van der Waals surface area contributed by atoms with Crippen LogP contribution in [-0.2, 0) is 0 Å². The second-order valence-corrected chi connectivity index (χ2v) is 6.13. The van der Waals surface area contributed by atoms with Crippen molar-refractivity contribution in [2.45, 2.75) is 13.8 Å². The Morgan fingerprint density at radius 3 is 1.46 bits per heavy atom. The zero-order chi connectivity index (χ0) is 20.3. The summed E-state index contributed by atoms with van der Waals surface area (Å²) in [5.41, 5.74) is 1.55. The lowest BCUT2D eigenvalue weighted by molar-refractivity contribution is 0.0683. The van der Waals surface area contributed by atoms with Gasteiger partial charge in [-0.15, -0.1) is 0 Å². The molecule has 0 aliphatic carbocycles. The Morgan fingerprint density at radius 1 is 0.750 bits per heavy atom. The molecule has 4 N–H and O–H groups in total. The van der Waals surface area contributed by atoms with Gasteiger partial charge >= 0.3 is 11.9 Å². The SMILES string of the molecule is Cc1cccc(Nc2cc(C(=O)O)c(Nc3cccc(C)n3)cc2C(=O)O)n1. The number of benzene rings is 1. The van der Waals surface area contributed by atoms with Crippen LogP contribution in [0.4, 0.5) is 23.0 Å². The van der Waals surface area contributed by atoms with E-state index >= 15 is 0 Å². The first-order valence-corrected chi connectivity index (χ1v) is 8.39. The van der Waals surface area contributed by atoms with Gasteiger partial charge in [-0.05, 0) is 50.2 Å². The van der Waals surface area contributed by atoms with Crippen LogP contribution in [0.5, 0.6) is 0 Å². The van der Waals surface area contributed by atoms with E-state index in [1.807, 2.05) is 0 Å². The number of carboxylic acids is 2. The van der Waals surface area contributed by atoms with E-state index in [9.17, 15) is 19.8 Å². The second-order valence-electron chi connectivity index (χ2n) is 6.13. The Bertz CT molecular complexity index is 981. The van der Waals surface area contributed by atoms with E-state index in [2.05, 4.69) is 20.6 Å². The molecule has 28 heavy (non-hydrogen) atoms. The number of anilines is 4. The van der Waals surface area contributed by atoms with Gasteiger partial charge in [0.25, 0.3) is 0 Å². The average Bonchev–Trinajstić information content (AvgIpc) is 2.62. The van der Waals surface area contributed by atoms with Crippen LogP contribution < -0.4 is 10.6 Å². The Hall–Kier alpha value is -3.94. The van der Waals surface area contributed by atoms with Crippen LogP contribution in [0.3, 0.4) is 0 Å². The third kappa shape index (κ3) is 4.24. The van der Waals surface area contributed by atoms with Crippen molar-refractivity contribution in [1.29, 1.82) is 0 Å². The molecule has 3 aromatic rings. The minimum atomic E-state index is -1.20. The second kappa shape index (κ2) is 7.75. The highest BCUT2D eigenvalue weighted by Crippen LogP contribution is 2.30. The molecule has 0 amide bonds. The summed E-state index contributed by atoms with van der Waals surface area (Å²) >= 11 is 0. The fourth-order valence-electron chi connectivity index (χ4n) is 2.66. The minimum Gasteiger partial charge on any atom is -0.478 e. The Labute approximate surface area is 160 Å². The average molecular weight is 378 g/mol. The van der Waals surface area contributed by atoms with Gasteiger partial charge < -0.3 is 20.8 Å². The molecule has 0 bridgehead atoms. The molecule has 0 fully saturated rings. The van der Waals surface area contributed by atoms with Gasteiger partial charge in [0.05, 0.1) is 22.5 Å². The van der Waals surface area contributed by atoms with Gasteiger partial charge in [0.1, 0.15) is 11.6 Å². The Morgan fingerprint density at radius 2 is 1.14 bits per heavy atom. The standard InChI is InChI=1S/C20H18N4O4/c1-11-5-3-7-17(21-11)23-15-9-14(20(27)28)16(10-13(15)19(25)26)24-18-8-4-6-12(2)22-18/h3-10H,1-2H3,(H,21,23)(H,22,24)(H,25,26)(H,27,28). The number of nitrogens with zero attached hydrogens (tertiary/aromatic N) is 2. The maximum Gasteiger partial charge on any atom is 0.337 e. The Balaban J connectivity index is 2.07. The van der Waals surface area contributed by atoms with Crippen LogP contribution in [0.2, 0.25) is 0 Å². The lowest BCUT2D eigenvalue weighted by atomic mass is 10.1. The lowest BCUT2D eigenvalue weighted by Crippen LogP contribution is -2.10. The Kier molecular flexibility index (Phi) is 5.21. The van der Waals surface area contributed by atoms with Crippen LogP contribution in [0.15, 0.2) is 48.5 Å². The van der Waals surface area contributed by atoms with Crippen molar-refractivity contribution in [2.24, 2.45) is 0 Å². The number of hydrogen-bond donors (Lipinski definition) is 4. The van der Waals surface area contributed by atoms with E-state index in [0.29, 0.717) is 11.6 Å². The molecule has 0 atom stereocenters. The number of pyridine rings is 2. The highest BCUT2D eigenvalue weighted by atomic mass is 16.4. The first kappa shape index (κ1) is 18.8. The smallest absolute Gasteiger partial charge is 0.337 e. The molecule has 0 radical (unpaired) electrons. The summed E-state index contributed by atoms with van der Waals surface area (Å²) in [6, 6.07) is 13.0. The van der Waals surface area contributed by atoms with E-state index in [1.54, 1.807) is 50.2 Å². The maximum atomic E-state index is 11.8. The van der Waals surface area contributed by atoms with Gasteiger partial charge in [-0.3, -0.25) is 0 Å². The normalized spacial score (nSPS) is 10.4. The quantitative estimate of drug-likeness (QED) is 0.508. The topological polar surface area (TPSA) is 124 Å². The molecule has 0 saturated heterocycles. The largest absolute Gasteiger partial charge is 0.478 e. The monoisotopic (exact) mass is 378 g/mol. The van der Waals surface area contributed by atoms with Gasteiger partial charge in [-0.2, -0.15) is 0 Å². The van der Waals surface area contributed by atoms with Crippen molar-refractivity contribution < 1.29 is 19.8 Å². The summed E-state index contributed by atoms with van der Waals surface area (Å²) < 4.78 is 0. The molecule has 0 unspecified atom stereocenters. The minimum absolute atomic E-state index is 0.0940. The third-order valence-electron chi connectivity index (χ3n) is 3.92. The summed E-state index contributed by atoms with van der Waals surface area (Å²) in [5.74, 6) is -1.57. The number of hydrogen-bond acceptors (Lipinski definition) is 6. The molecule has 2 heterocycles. The maximum absolute atomic E-state index is 11.8. The van der Waals surface area contributed by atoms with Crippen molar-refractivity contribution in [3.8, 4) is 0 Å². The summed E-state index contributed by atoms with van der Waals surface area (Å²) in [4.78, 5) is 32.1. The molecule has 0 aliphatic rings. The van der Waals surface area contributed by atoms with E-state index in [-0.39, 0.29) is 22.5 Å². The molecule has 0 spiro atoms. The molecular weight excluding hydrogens is 360 g/mol. The molecule has 142 valence electrons. The highest BCUT2D eigenvalue weighted by Gasteiger charge is 2.19. The highest BCUT2D eigenvalue weighted by molar-refractivity contribution is 6.03. The van der Waals surface area contributed by atoms with Gasteiger partial charge in [0, 0.05) is 11.4 Å². The van der Waals surface area contributed by atoms with Gasteiger partial charge in [-0.1, -0.05) is 12.1 Å². The number of aromatic carboxylic acids is 2. The fourth-order valence-corrected chi connectivity index (χ4v) is 2.66. The zero-order valence-corrected chi connectivity index (χ0v) is 15.2. The predicted molar refractivity (Wildman–Crippen MR) is 105 cm³/mol. The van der Waals surface area contributed by atoms with E-state index in [0.717, 1.165) is 11.4 Å². The van der Waals surface area contributed by atoms with Crippen molar-refractivity contribution >= 4 is 34.9 Å². The number of carboxylic acid groups (broad SMARTS) is 2. The molecule has 0 saturated carbocycles. The van der Waals surface area contributed by atoms with Crippen LogP contribution in [0.1, 0.15) is 32.1 Å². The molecular formula is C20H18N4O4. The molecule has 1 aromatic carbocycles. The van der Waals surface area contributed by atoms with E-state index in [1.165, 1.54) is 12.1 Å². The van der Waals surface area contributed by atoms with Gasteiger partial charge in [0.15, 0.2) is 0 Å². The summed E-state index contributed by atoms with van der Waals surface area (Å²) in [6.07, 6.45) is 0. The molecule has 8 nitrogen and oxygen atoms in total. The van der Waals surface area contributed by atoms with Crippen molar-refractivity contribution in [3.63, 3.8) is 0 Å². The fraction of sp³-hybridized carbons (Fsp3) is 0.100. The number of carbonyl (C=O) groups is 2. The van der Waals surface area contributed by atoms with Gasteiger partial charge in [-0.25, -0.2) is 19.6 Å². The number of rotatable bonds is 6. The predicted octanol–water partition coefficient (Wildman–Crippen LogP) is 3.98. The van der Waals surface area contributed by atoms with Crippen molar-refractivity contribution in [2.75, 3.05) is 10.6 Å². The van der Waals surface area contributed by atoms with Crippen LogP contribution in [0.25, 0.3) is 0 Å². The number of aryl methyl sites for hydroxylation is 2. The number of aromatic nitrogens is 2. The summed E-state index contributed by atoms with van der Waals surface area (Å²) in [5, 5.41) is 25.0. The number of nitrogens with one attached hydrogen (secondary N) is 2. The summed E-state index contributed by atoms with van der Waals surface area (Å²) in [7, 11) is 0. The lowest BCUT2D eigenvalue weighted by Gasteiger charge is -2.15. The van der Waals surface area contributed by atoms with E-state index < -0.39 is 11.9 Å². The first-order chi connectivity index (χ1) is 13.3. The van der Waals surface area contributed by atoms with Crippen LogP contribution in [0, 0.1) is 13.8 Å². The van der Waals surface area contributed by atoms with Crippen molar-refractivity contribution in [1.82, 2.24) is 9.97 Å². The van der Waals surface area contributed by atoms with Crippen molar-refractivity contribution in [3.05, 3.63) is 71.0 Å². The zero-order valence-electron chi connectivity index (χ0n) is 15.2. The third-order valence-corrected chi connectivity index (χ3v) is 3.92. The summed E-state index contributed by atoms with van der Waals surface area (Å²) in [6.45, 7) is 3.60. The molecule has 2 aromatic heterocycles.